The van der Waals surface area contributed by atoms with Gasteiger partial charge in [-0.15, -0.1) is 0 Å². The maximum Gasteiger partial charge on any atom is 0.220 e. The van der Waals surface area contributed by atoms with Gasteiger partial charge in [0.05, 0.1) is 26.0 Å². The molecule has 0 amide bonds. The Balaban J connectivity index is 2.98. The highest BCUT2D eigenvalue weighted by atomic mass is 32.2. The van der Waals surface area contributed by atoms with Gasteiger partial charge >= 0.3 is 0 Å². The lowest BCUT2D eigenvalue weighted by molar-refractivity contribution is 0.369. The number of rotatable bonds is 4. The lowest BCUT2D eigenvalue weighted by Crippen LogP contribution is -2.03. The van der Waals surface area contributed by atoms with E-state index in [4.69, 9.17) is 9.47 Å². The van der Waals surface area contributed by atoms with Crippen LogP contribution in [0.1, 0.15) is 5.82 Å². The Bertz CT molecular complexity index is 322. The zero-order chi connectivity index (χ0) is 10.6. The second-order valence-electron chi connectivity index (χ2n) is 2.32. The van der Waals surface area contributed by atoms with Gasteiger partial charge in [-0.1, -0.05) is 0 Å². The predicted octanol–water partition coefficient (Wildman–Crippen LogP) is -0.127. The van der Waals surface area contributed by atoms with E-state index in [0.717, 1.165) is 0 Å². The van der Waals surface area contributed by atoms with Crippen molar-refractivity contribution in [3.63, 3.8) is 0 Å². The smallest absolute Gasteiger partial charge is 0.220 e. The fourth-order valence-corrected chi connectivity index (χ4v) is 1.17. The van der Waals surface area contributed by atoms with Crippen molar-refractivity contribution in [3.8, 4) is 11.8 Å². The molecule has 0 saturated heterocycles. The van der Waals surface area contributed by atoms with Gasteiger partial charge in [-0.3, -0.25) is 4.21 Å². The molecule has 6 nitrogen and oxygen atoms in total. The molecule has 0 aromatic carbocycles. The van der Waals surface area contributed by atoms with Crippen molar-refractivity contribution >= 4 is 11.1 Å². The first-order valence-electron chi connectivity index (χ1n) is 3.67. The lowest BCUT2D eigenvalue weighted by Gasteiger charge is -2.07. The minimum absolute atomic E-state index is 0.148. The number of hydrogen-bond donors (Lipinski definition) is 0. The number of ether oxygens (including phenoxy) is 2. The van der Waals surface area contributed by atoms with Crippen LogP contribution in [0.4, 0.5) is 0 Å². The average Bonchev–Trinajstić information content (AvgIpc) is 2.16. The summed E-state index contributed by atoms with van der Waals surface area (Å²) in [6, 6.07) is 1.47. The molecular weight excluding hydrogens is 208 g/mol. The van der Waals surface area contributed by atoms with E-state index in [-0.39, 0.29) is 23.3 Å². The highest BCUT2D eigenvalue weighted by Crippen LogP contribution is 2.15. The number of nitrogens with zero attached hydrogens (tertiary/aromatic N) is 2. The molecule has 0 aliphatic carbocycles. The van der Waals surface area contributed by atoms with Gasteiger partial charge in [0.2, 0.25) is 11.8 Å². The topological polar surface area (TPSA) is 84.4 Å². The SMILES string of the molecule is COc1cc(OC)nc(CS(=O)[O-])n1. The third kappa shape index (κ3) is 2.93. The Morgan fingerprint density at radius 2 is 1.86 bits per heavy atom. The molecule has 0 fully saturated rings. The maximum absolute atomic E-state index is 10.4. The molecular formula is C7H9N2O4S-. The van der Waals surface area contributed by atoms with Gasteiger partial charge in [0.15, 0.2) is 0 Å². The van der Waals surface area contributed by atoms with Crippen LogP contribution < -0.4 is 9.47 Å². The molecule has 1 rings (SSSR count). The first kappa shape index (κ1) is 10.9. The molecule has 0 radical (unpaired) electrons. The van der Waals surface area contributed by atoms with Crippen LogP contribution in [0.3, 0.4) is 0 Å². The lowest BCUT2D eigenvalue weighted by atomic mass is 10.5. The number of methoxy groups -OCH3 is 2. The molecule has 0 bridgehead atoms. The van der Waals surface area contributed by atoms with Gasteiger partial charge < -0.3 is 14.0 Å². The van der Waals surface area contributed by atoms with Gasteiger partial charge in [0, 0.05) is 0 Å². The monoisotopic (exact) mass is 217 g/mol. The molecule has 1 heterocycles. The van der Waals surface area contributed by atoms with Crippen molar-refractivity contribution in [3.05, 3.63) is 11.9 Å². The molecule has 1 aromatic heterocycles. The fourth-order valence-electron chi connectivity index (χ4n) is 0.829. The molecule has 0 saturated carbocycles. The van der Waals surface area contributed by atoms with Crippen molar-refractivity contribution in [1.82, 2.24) is 9.97 Å². The number of aromatic nitrogens is 2. The van der Waals surface area contributed by atoms with Crippen molar-refractivity contribution < 1.29 is 18.2 Å². The molecule has 7 heteroatoms. The van der Waals surface area contributed by atoms with Crippen molar-refractivity contribution in [2.45, 2.75) is 5.75 Å². The summed E-state index contributed by atoms with van der Waals surface area (Å²) in [5.74, 6) is 0.442. The van der Waals surface area contributed by atoms with E-state index in [0.29, 0.717) is 0 Å². The molecule has 1 aromatic rings. The minimum atomic E-state index is -2.22. The van der Waals surface area contributed by atoms with E-state index in [1.165, 1.54) is 20.3 Å². The second kappa shape index (κ2) is 4.87. The Morgan fingerprint density at radius 3 is 2.21 bits per heavy atom. The van der Waals surface area contributed by atoms with Crippen molar-refractivity contribution in [1.29, 1.82) is 0 Å². The predicted molar refractivity (Wildman–Crippen MR) is 47.8 cm³/mol. The van der Waals surface area contributed by atoms with Gasteiger partial charge in [0.1, 0.15) is 5.82 Å². The molecule has 1 unspecified atom stereocenters. The molecule has 1 atom stereocenters. The highest BCUT2D eigenvalue weighted by Gasteiger charge is 2.04. The van der Waals surface area contributed by atoms with Gasteiger partial charge in [-0.05, 0) is 11.1 Å². The van der Waals surface area contributed by atoms with E-state index >= 15 is 0 Å². The summed E-state index contributed by atoms with van der Waals surface area (Å²) in [6.45, 7) is 0. The third-order valence-electron chi connectivity index (χ3n) is 1.39. The summed E-state index contributed by atoms with van der Waals surface area (Å²) >= 11 is -2.22. The first-order valence-corrected chi connectivity index (χ1v) is 4.92. The quantitative estimate of drug-likeness (QED) is 0.653. The Hall–Kier alpha value is -1.21. The number of hydrogen-bond acceptors (Lipinski definition) is 6. The third-order valence-corrected chi connectivity index (χ3v) is 1.88. The zero-order valence-corrected chi connectivity index (χ0v) is 8.54. The zero-order valence-electron chi connectivity index (χ0n) is 7.72. The Kier molecular flexibility index (Phi) is 3.78. The first-order chi connectivity index (χ1) is 6.65. The van der Waals surface area contributed by atoms with Crippen LogP contribution in [0.25, 0.3) is 0 Å². The van der Waals surface area contributed by atoms with Crippen LogP contribution in [0, 0.1) is 0 Å². The van der Waals surface area contributed by atoms with Crippen LogP contribution in [0.5, 0.6) is 11.8 Å². The Labute approximate surface area is 83.6 Å². The minimum Gasteiger partial charge on any atom is -0.772 e. The molecule has 14 heavy (non-hydrogen) atoms. The highest BCUT2D eigenvalue weighted by molar-refractivity contribution is 7.78. The second-order valence-corrected chi connectivity index (χ2v) is 3.21. The van der Waals surface area contributed by atoms with E-state index in [1.54, 1.807) is 0 Å². The molecule has 0 spiro atoms. The summed E-state index contributed by atoms with van der Waals surface area (Å²) < 4.78 is 30.5. The van der Waals surface area contributed by atoms with Gasteiger partial charge in [-0.2, -0.15) is 9.97 Å². The van der Waals surface area contributed by atoms with Crippen molar-refractivity contribution in [2.24, 2.45) is 0 Å². The summed E-state index contributed by atoms with van der Waals surface area (Å²) in [6.07, 6.45) is 0. The van der Waals surface area contributed by atoms with Crippen LogP contribution in [-0.2, 0) is 16.8 Å². The molecule has 0 N–H and O–H groups in total. The van der Waals surface area contributed by atoms with Gasteiger partial charge in [-0.25, -0.2) is 0 Å². The largest absolute Gasteiger partial charge is 0.772 e. The molecule has 0 aliphatic rings. The summed E-state index contributed by atoms with van der Waals surface area (Å²) in [7, 11) is 2.86. The van der Waals surface area contributed by atoms with Gasteiger partial charge in [0.25, 0.3) is 0 Å². The molecule has 0 aliphatic heterocycles. The van der Waals surface area contributed by atoms with Crippen molar-refractivity contribution in [2.75, 3.05) is 14.2 Å². The van der Waals surface area contributed by atoms with Crippen LogP contribution in [0.2, 0.25) is 0 Å². The summed E-state index contributed by atoms with van der Waals surface area (Å²) in [5.41, 5.74) is 0. The van der Waals surface area contributed by atoms with E-state index in [2.05, 4.69) is 9.97 Å². The van der Waals surface area contributed by atoms with E-state index < -0.39 is 11.1 Å². The van der Waals surface area contributed by atoms with Crippen LogP contribution >= 0.6 is 0 Å². The van der Waals surface area contributed by atoms with E-state index in [1.807, 2.05) is 0 Å². The fraction of sp³-hybridized carbons (Fsp3) is 0.429. The maximum atomic E-state index is 10.4. The standard InChI is InChI=1S/C7H10N2O4S/c1-12-6-3-7(13-2)9-5(8-6)4-14(10)11/h3H,4H2,1-2H3,(H,10,11)/p-1. The normalized spacial score (nSPS) is 12.2. The summed E-state index contributed by atoms with van der Waals surface area (Å²) in [5, 5.41) is 0. The Morgan fingerprint density at radius 1 is 1.36 bits per heavy atom. The van der Waals surface area contributed by atoms with E-state index in [9.17, 15) is 8.76 Å². The van der Waals surface area contributed by atoms with Crippen LogP contribution in [0.15, 0.2) is 6.07 Å². The molecule has 78 valence electrons. The average molecular weight is 217 g/mol. The summed E-state index contributed by atoms with van der Waals surface area (Å²) in [4.78, 5) is 7.67. The van der Waals surface area contributed by atoms with Crippen LogP contribution in [-0.4, -0.2) is 32.9 Å².